The molecule has 1 heterocycles. The van der Waals surface area contributed by atoms with Crippen LogP contribution in [0.25, 0.3) is 0 Å². The van der Waals surface area contributed by atoms with E-state index in [-0.39, 0.29) is 42.6 Å². The number of amides is 3. The van der Waals surface area contributed by atoms with Crippen molar-refractivity contribution in [1.82, 2.24) is 10.2 Å². The highest BCUT2D eigenvalue weighted by Crippen LogP contribution is 2.34. The largest absolute Gasteiger partial charge is 0.350 e. The maximum Gasteiger partial charge on any atom is 0.240 e. The molecule has 0 radical (unpaired) electrons. The van der Waals surface area contributed by atoms with Gasteiger partial charge < -0.3 is 5.32 Å². The molecule has 1 aromatic carbocycles. The van der Waals surface area contributed by atoms with Gasteiger partial charge in [0.1, 0.15) is 12.4 Å². The van der Waals surface area contributed by atoms with E-state index >= 15 is 0 Å². The molecule has 3 rings (SSSR count). The van der Waals surface area contributed by atoms with E-state index in [0.717, 1.165) is 10.5 Å². The number of carbonyl (C=O) groups is 3. The maximum absolute atomic E-state index is 12.8. The van der Waals surface area contributed by atoms with Crippen molar-refractivity contribution in [3.63, 3.8) is 0 Å². The van der Waals surface area contributed by atoms with E-state index in [4.69, 9.17) is 0 Å². The van der Waals surface area contributed by atoms with Gasteiger partial charge in [0, 0.05) is 6.54 Å². The van der Waals surface area contributed by atoms with Crippen LogP contribution in [0.1, 0.15) is 18.4 Å². The van der Waals surface area contributed by atoms with E-state index in [1.807, 2.05) is 12.2 Å². The first-order chi connectivity index (χ1) is 11.1. The molecule has 1 aliphatic heterocycles. The molecule has 120 valence electrons. The predicted octanol–water partition coefficient (Wildman–Crippen LogP) is 1.39. The SMILES string of the molecule is O=C(CN1C(=O)[C@H]2CC=CC[C@H]2C1=O)NCc1ccc(F)cc1. The Morgan fingerprint density at radius 1 is 1.09 bits per heavy atom. The number of imide groups is 1. The van der Waals surface area contributed by atoms with Crippen LogP contribution in [0.3, 0.4) is 0 Å². The van der Waals surface area contributed by atoms with Crippen molar-refractivity contribution >= 4 is 17.7 Å². The van der Waals surface area contributed by atoms with Crippen LogP contribution < -0.4 is 5.32 Å². The lowest BCUT2D eigenvalue weighted by molar-refractivity contribution is -0.143. The van der Waals surface area contributed by atoms with Crippen LogP contribution in [0, 0.1) is 17.7 Å². The maximum atomic E-state index is 12.8. The van der Waals surface area contributed by atoms with Gasteiger partial charge in [-0.05, 0) is 30.5 Å². The van der Waals surface area contributed by atoms with E-state index in [1.165, 1.54) is 12.1 Å². The minimum atomic E-state index is -0.400. The second kappa shape index (κ2) is 6.32. The third-order valence-electron chi connectivity index (χ3n) is 4.30. The molecular formula is C17H17FN2O3. The van der Waals surface area contributed by atoms with Crippen molar-refractivity contribution in [3.05, 3.63) is 47.8 Å². The number of likely N-dealkylation sites (tertiary alicyclic amines) is 1. The number of hydrogen-bond donors (Lipinski definition) is 1. The Bertz CT molecular complexity index is 643. The van der Waals surface area contributed by atoms with Gasteiger partial charge in [0.05, 0.1) is 11.8 Å². The summed E-state index contributed by atoms with van der Waals surface area (Å²) in [7, 11) is 0. The molecule has 0 spiro atoms. The molecule has 3 amide bonds. The number of nitrogens with one attached hydrogen (secondary N) is 1. The number of rotatable bonds is 4. The second-order valence-corrected chi connectivity index (χ2v) is 5.82. The van der Waals surface area contributed by atoms with Gasteiger partial charge in [-0.2, -0.15) is 0 Å². The van der Waals surface area contributed by atoms with E-state index in [1.54, 1.807) is 12.1 Å². The van der Waals surface area contributed by atoms with Crippen LogP contribution in [0.4, 0.5) is 4.39 Å². The summed E-state index contributed by atoms with van der Waals surface area (Å²) < 4.78 is 12.8. The first kappa shape index (κ1) is 15.4. The number of benzene rings is 1. The molecule has 2 aliphatic rings. The summed E-state index contributed by atoms with van der Waals surface area (Å²) in [5.41, 5.74) is 0.747. The van der Waals surface area contributed by atoms with E-state index in [9.17, 15) is 18.8 Å². The van der Waals surface area contributed by atoms with Gasteiger partial charge in [-0.3, -0.25) is 19.3 Å². The van der Waals surface area contributed by atoms with Crippen LogP contribution >= 0.6 is 0 Å². The van der Waals surface area contributed by atoms with Gasteiger partial charge in [-0.15, -0.1) is 0 Å². The van der Waals surface area contributed by atoms with E-state index < -0.39 is 5.91 Å². The van der Waals surface area contributed by atoms with Gasteiger partial charge in [0.25, 0.3) is 0 Å². The lowest BCUT2D eigenvalue weighted by atomic mass is 9.85. The Morgan fingerprint density at radius 3 is 2.22 bits per heavy atom. The molecule has 1 aromatic rings. The van der Waals surface area contributed by atoms with Crippen molar-refractivity contribution < 1.29 is 18.8 Å². The van der Waals surface area contributed by atoms with Crippen LogP contribution in [-0.2, 0) is 20.9 Å². The summed E-state index contributed by atoms with van der Waals surface area (Å²) >= 11 is 0. The number of allylic oxidation sites excluding steroid dienone is 2. The molecule has 1 saturated heterocycles. The van der Waals surface area contributed by atoms with Crippen molar-refractivity contribution in [2.45, 2.75) is 19.4 Å². The average Bonchev–Trinajstić information content (AvgIpc) is 2.80. The normalized spacial score (nSPS) is 23.1. The zero-order chi connectivity index (χ0) is 16.4. The number of nitrogens with zero attached hydrogens (tertiary/aromatic N) is 1. The fraction of sp³-hybridized carbons (Fsp3) is 0.353. The summed E-state index contributed by atoms with van der Waals surface area (Å²) in [6.45, 7) is -0.0321. The fourth-order valence-corrected chi connectivity index (χ4v) is 3.03. The lowest BCUT2D eigenvalue weighted by Gasteiger charge is -2.14. The van der Waals surface area contributed by atoms with Crippen LogP contribution in [0.5, 0.6) is 0 Å². The molecule has 6 heteroatoms. The van der Waals surface area contributed by atoms with Crippen LogP contribution in [0.15, 0.2) is 36.4 Å². The van der Waals surface area contributed by atoms with Gasteiger partial charge >= 0.3 is 0 Å². The average molecular weight is 316 g/mol. The molecule has 5 nitrogen and oxygen atoms in total. The summed E-state index contributed by atoms with van der Waals surface area (Å²) in [5, 5.41) is 2.64. The molecule has 1 N–H and O–H groups in total. The zero-order valence-corrected chi connectivity index (χ0v) is 12.5. The van der Waals surface area contributed by atoms with Gasteiger partial charge in [0.15, 0.2) is 0 Å². The van der Waals surface area contributed by atoms with Gasteiger partial charge in [0.2, 0.25) is 17.7 Å². The molecule has 0 bridgehead atoms. The highest BCUT2D eigenvalue weighted by atomic mass is 19.1. The van der Waals surface area contributed by atoms with Crippen molar-refractivity contribution in [2.24, 2.45) is 11.8 Å². The molecule has 0 saturated carbocycles. The van der Waals surface area contributed by atoms with Crippen molar-refractivity contribution in [2.75, 3.05) is 6.54 Å². The standard InChI is InChI=1S/C17H17FN2O3/c18-12-7-5-11(6-8-12)9-19-15(21)10-20-16(22)13-3-1-2-4-14(13)17(20)23/h1-2,5-8,13-14H,3-4,9-10H2,(H,19,21)/t13-,14+. The summed E-state index contributed by atoms with van der Waals surface area (Å²) in [4.78, 5) is 37.5. The Morgan fingerprint density at radius 2 is 1.65 bits per heavy atom. The molecule has 0 aromatic heterocycles. The van der Waals surface area contributed by atoms with Crippen LogP contribution in [0.2, 0.25) is 0 Å². The van der Waals surface area contributed by atoms with Crippen molar-refractivity contribution in [3.8, 4) is 0 Å². The quantitative estimate of drug-likeness (QED) is 0.674. The minimum Gasteiger partial charge on any atom is -0.350 e. The van der Waals surface area contributed by atoms with Gasteiger partial charge in [-0.1, -0.05) is 24.3 Å². The number of halogens is 1. The zero-order valence-electron chi connectivity index (χ0n) is 12.5. The lowest BCUT2D eigenvalue weighted by Crippen LogP contribution is -2.40. The number of fused-ring (bicyclic) bond motifs is 1. The fourth-order valence-electron chi connectivity index (χ4n) is 3.03. The van der Waals surface area contributed by atoms with Gasteiger partial charge in [-0.25, -0.2) is 4.39 Å². The third kappa shape index (κ3) is 3.16. The minimum absolute atomic E-state index is 0.226. The van der Waals surface area contributed by atoms with Crippen LogP contribution in [-0.4, -0.2) is 29.2 Å². The van der Waals surface area contributed by atoms with E-state index in [2.05, 4.69) is 5.32 Å². The third-order valence-corrected chi connectivity index (χ3v) is 4.30. The predicted molar refractivity (Wildman–Crippen MR) is 80.3 cm³/mol. The summed E-state index contributed by atoms with van der Waals surface area (Å²) in [6, 6.07) is 5.77. The van der Waals surface area contributed by atoms with E-state index in [0.29, 0.717) is 12.8 Å². The smallest absolute Gasteiger partial charge is 0.240 e. The molecule has 1 fully saturated rings. The molecule has 23 heavy (non-hydrogen) atoms. The monoisotopic (exact) mass is 316 g/mol. The first-order valence-corrected chi connectivity index (χ1v) is 7.57. The topological polar surface area (TPSA) is 66.5 Å². The molecule has 1 aliphatic carbocycles. The second-order valence-electron chi connectivity index (χ2n) is 5.82. The van der Waals surface area contributed by atoms with Crippen molar-refractivity contribution in [1.29, 1.82) is 0 Å². The molecule has 0 unspecified atom stereocenters. The highest BCUT2D eigenvalue weighted by molar-refractivity contribution is 6.07. The molecular weight excluding hydrogens is 299 g/mol. The Balaban J connectivity index is 1.56. The number of hydrogen-bond acceptors (Lipinski definition) is 3. The Labute approximate surface area is 133 Å². The number of carbonyl (C=O) groups excluding carboxylic acids is 3. The summed E-state index contributed by atoms with van der Waals surface area (Å²) in [5.74, 6) is -1.91. The first-order valence-electron chi connectivity index (χ1n) is 7.57. The molecule has 2 atom stereocenters. The summed E-state index contributed by atoms with van der Waals surface area (Å²) in [6.07, 6.45) is 4.93. The Kier molecular flexibility index (Phi) is 4.23. The Hall–Kier alpha value is -2.50. The highest BCUT2D eigenvalue weighted by Gasteiger charge is 2.47.